The molecule has 0 bridgehead atoms. The van der Waals surface area contributed by atoms with E-state index in [1.807, 2.05) is 0 Å². The number of hydrogen-bond acceptors (Lipinski definition) is 2. The molecule has 1 N–H and O–H groups in total. The first-order valence-corrected chi connectivity index (χ1v) is 20.4. The number of hydrogen-bond donors (Lipinski definition) is 1. The summed E-state index contributed by atoms with van der Waals surface area (Å²) in [5.74, 6) is 0. The van der Waals surface area contributed by atoms with Gasteiger partial charge in [-0.3, -0.25) is 0 Å². The summed E-state index contributed by atoms with van der Waals surface area (Å²) in [5.41, 5.74) is 0. The summed E-state index contributed by atoms with van der Waals surface area (Å²) < 4.78 is 39.0. The normalized spacial score (nSPS) is 17.5. The molecule has 0 aromatic rings. The van der Waals surface area contributed by atoms with Crippen molar-refractivity contribution in [1.82, 2.24) is 0 Å². The monoisotopic (exact) mass is 463 g/mol. The van der Waals surface area contributed by atoms with E-state index in [0.29, 0.717) is 30.2 Å². The molecule has 0 aromatic carbocycles. The number of rotatable bonds is 19. The van der Waals surface area contributed by atoms with Crippen LogP contribution in [-0.2, 0) is 18.8 Å². The van der Waals surface area contributed by atoms with Crippen LogP contribution in [0.1, 0.15) is 119 Å². The Morgan fingerprint density at radius 1 is 0.552 bits per heavy atom. The Balaban J connectivity index is 0. The molecule has 0 atom stereocenters. The van der Waals surface area contributed by atoms with Crippen LogP contribution in [-0.4, -0.2) is 39.9 Å². The second-order valence-corrected chi connectivity index (χ2v) is 31.7. The van der Waals surface area contributed by atoms with E-state index in [1.165, 1.54) is 0 Å². The van der Waals surface area contributed by atoms with Gasteiger partial charge in [0.25, 0.3) is 0 Å². The molecule has 0 rings (SSSR count). The Hall–Kier alpha value is 1.43. The molecule has 0 aromatic heterocycles. The van der Waals surface area contributed by atoms with Crippen LogP contribution in [0.25, 0.3) is 0 Å². The van der Waals surface area contributed by atoms with Gasteiger partial charge in [-0.25, -0.2) is 0 Å². The van der Waals surface area contributed by atoms with Gasteiger partial charge < -0.3 is 0 Å². The maximum absolute atomic E-state index is 16.6. The van der Waals surface area contributed by atoms with Crippen LogP contribution in [0, 0.1) is 0 Å². The van der Waals surface area contributed by atoms with Crippen LogP contribution in [0.5, 0.6) is 0 Å². The van der Waals surface area contributed by atoms with Crippen LogP contribution >= 0.6 is 0 Å². The zero-order valence-electron chi connectivity index (χ0n) is 20.5. The van der Waals surface area contributed by atoms with Crippen molar-refractivity contribution in [1.29, 1.82) is 0 Å². The van der Waals surface area contributed by atoms with Gasteiger partial charge >= 0.3 is 201 Å². The average Bonchev–Trinajstić information content (AvgIpc) is 2.69. The fourth-order valence-electron chi connectivity index (χ4n) is 6.78. The van der Waals surface area contributed by atoms with Gasteiger partial charge in [-0.1, -0.05) is 0 Å². The molecular formula is C24H56NaO3Ti. The summed E-state index contributed by atoms with van der Waals surface area (Å²) in [6.45, 7) is 13.3. The van der Waals surface area contributed by atoms with E-state index >= 15 is 3.32 Å². The van der Waals surface area contributed by atoms with Crippen molar-refractivity contribution in [2.24, 2.45) is 0 Å². The van der Waals surface area contributed by atoms with Crippen LogP contribution in [0.2, 0.25) is 23.6 Å². The fraction of sp³-hybridized carbons (Fsp3) is 1.00. The SMILES string of the molecule is CCCC[O][Ti](=[O])([OH])([CH2]CCC)([CH2]CCC)([CH2]CCC)([CH2]CCC)[CH2]CCC.[NaH]. The van der Waals surface area contributed by atoms with Gasteiger partial charge in [0.15, 0.2) is 0 Å². The van der Waals surface area contributed by atoms with E-state index in [9.17, 15) is 3.69 Å². The minimum absolute atomic E-state index is 0. The summed E-state index contributed by atoms with van der Waals surface area (Å²) in [6, 6.07) is 0. The van der Waals surface area contributed by atoms with Crippen molar-refractivity contribution in [3.8, 4) is 0 Å². The third-order valence-electron chi connectivity index (χ3n) is 9.00. The molecule has 0 aliphatic rings. The van der Waals surface area contributed by atoms with Gasteiger partial charge in [0, 0.05) is 0 Å². The van der Waals surface area contributed by atoms with Crippen LogP contribution in [0.4, 0.5) is 0 Å². The molecule has 0 aliphatic carbocycles. The Kier molecular flexibility index (Phi) is 11.4. The molecule has 0 fully saturated rings. The molecule has 175 valence electrons. The van der Waals surface area contributed by atoms with Crippen LogP contribution in [0.15, 0.2) is 0 Å². The van der Waals surface area contributed by atoms with Gasteiger partial charge in [0.05, 0.1) is 0 Å². The Morgan fingerprint density at radius 3 is 1.00 bits per heavy atom. The van der Waals surface area contributed by atoms with E-state index in [1.54, 1.807) is 0 Å². The predicted octanol–water partition coefficient (Wildman–Crippen LogP) is 8.71. The third kappa shape index (κ3) is 6.96. The Bertz CT molecular complexity index is 534. The first kappa shape index (κ1) is 32.6. The van der Waals surface area contributed by atoms with Gasteiger partial charge in [0.2, 0.25) is 0 Å². The molecule has 3 nitrogen and oxygen atoms in total. The topological polar surface area (TPSA) is 46.5 Å². The number of unbranched alkanes of at least 4 members (excludes halogenated alkanes) is 6. The molecule has 0 aliphatic heterocycles. The third-order valence-corrected chi connectivity index (χ3v) is 30.0. The Morgan fingerprint density at radius 2 is 0.793 bits per heavy atom. The van der Waals surface area contributed by atoms with Crippen molar-refractivity contribution in [2.75, 3.05) is 6.61 Å². The zero-order valence-corrected chi connectivity index (χ0v) is 22.1. The van der Waals surface area contributed by atoms with Crippen molar-refractivity contribution < 1.29 is 22.5 Å². The van der Waals surface area contributed by atoms with E-state index in [4.69, 9.17) is 3.32 Å². The van der Waals surface area contributed by atoms with Crippen LogP contribution < -0.4 is 0 Å². The standard InChI is InChI=1S/C4H9O.5C4H9.Na.H2O.O.Ti.H/c1-2-3-4-5;5*1-3-4-2;;;;;/h2-4H2,1H3;5*1,3-4H2,2H3;;1H2;;;/q-1;;;;;;;;;+2;/p-1. The molecule has 0 unspecified atom stereocenters. The zero-order chi connectivity index (χ0) is 21.8. The van der Waals surface area contributed by atoms with Crippen molar-refractivity contribution in [3.63, 3.8) is 0 Å². The molecular weight excluding hydrogens is 407 g/mol. The average molecular weight is 464 g/mol. The molecule has 0 heterocycles. The molecule has 5 heteroatoms. The van der Waals surface area contributed by atoms with Crippen LogP contribution in [0.3, 0.4) is 0 Å². The van der Waals surface area contributed by atoms with Crippen molar-refractivity contribution >= 4 is 29.6 Å². The summed E-state index contributed by atoms with van der Waals surface area (Å²) in [4.78, 5) is 0. The van der Waals surface area contributed by atoms with Crippen molar-refractivity contribution in [3.05, 3.63) is 0 Å². The van der Waals surface area contributed by atoms with Crippen molar-refractivity contribution in [2.45, 2.75) is 142 Å². The maximum atomic E-state index is 16.6. The van der Waals surface area contributed by atoms with E-state index in [-0.39, 0.29) is 29.6 Å². The Labute approximate surface area is 199 Å². The summed E-state index contributed by atoms with van der Waals surface area (Å²) >= 11 is -7.00. The second-order valence-electron chi connectivity index (χ2n) is 11.7. The second kappa shape index (κ2) is 10.1. The van der Waals surface area contributed by atoms with Gasteiger partial charge in [-0.15, -0.1) is 0 Å². The van der Waals surface area contributed by atoms with Gasteiger partial charge in [0.1, 0.15) is 0 Å². The molecule has 29 heavy (non-hydrogen) atoms. The van der Waals surface area contributed by atoms with Gasteiger partial charge in [-0.05, 0) is 0 Å². The van der Waals surface area contributed by atoms with E-state index in [0.717, 1.165) is 77.0 Å². The predicted molar refractivity (Wildman–Crippen MR) is 129 cm³/mol. The fourth-order valence-corrected chi connectivity index (χ4v) is 27.5. The first-order valence-electron chi connectivity index (χ1n) is 12.9. The summed E-state index contributed by atoms with van der Waals surface area (Å²) in [7, 11) is 0. The van der Waals surface area contributed by atoms with E-state index in [2.05, 4.69) is 41.5 Å². The molecule has 0 saturated carbocycles. The minimum atomic E-state index is -7.00. The quantitative estimate of drug-likeness (QED) is 0.154. The molecule has 0 saturated heterocycles. The summed E-state index contributed by atoms with van der Waals surface area (Å²) in [5, 5.41) is 0. The molecule has 0 radical (unpaired) electrons. The first-order chi connectivity index (χ1) is 12.9. The molecule has 0 spiro atoms. The van der Waals surface area contributed by atoms with Gasteiger partial charge in [-0.2, -0.15) is 0 Å². The summed E-state index contributed by atoms with van der Waals surface area (Å²) in [6.07, 6.45) is 10.5. The van der Waals surface area contributed by atoms with E-state index < -0.39 is 12.2 Å². The molecule has 0 amide bonds.